The van der Waals surface area contributed by atoms with E-state index in [0.717, 1.165) is 0 Å². The topological polar surface area (TPSA) is 300 Å². The Balaban J connectivity index is 1.05. The van der Waals surface area contributed by atoms with Crippen molar-refractivity contribution in [3.8, 4) is 0 Å². The van der Waals surface area contributed by atoms with E-state index in [1.165, 1.54) is 85.3 Å². The molecule has 552 valence electrons. The molecule has 0 unspecified atom stereocenters. The molecule has 0 aromatic heterocycles. The summed E-state index contributed by atoms with van der Waals surface area (Å²) in [5, 5.41) is 0. The highest BCUT2D eigenvalue weighted by Gasteiger charge is 2.58. The summed E-state index contributed by atoms with van der Waals surface area (Å²) in [7, 11) is 17.9. The standard InChI is InChI=1S/C69H96O30/c1-73-31-43-52-40(76-4)28-49(88-43)94-55-46(34-85-64(70)37-22-16-13-17-23-37)92-68(62(83-11)58(55)79-7)98-53-42(78-6)30-51(90-44(53)32-74-2)96-57-48(36-87-66(72)39-26-20-15-21-27-39)93-69(63(84-12)60(57)81-9)99-54-41(77-5)29-50(89-45(54)33-75-3)95-56-47(35-86-65(71)38-24-18-14-19-25-38)91-67(97-52)61(82-10)59(56)80-8/h13-27,40-63,67-69H,28-36H2,1-12H3/t40-,41-,42-,43-,44-,45-,46-,47-,48-,49-,50-,51-,52+,53+,54+,55-,56-,57-,58+,59+,60+,61-,62-,63-,67-,68-,69-/m1/s1. The fraction of sp³-hybridized carbons (Fsp3) is 0.696. The molecule has 0 N–H and O–H groups in total. The van der Waals surface area contributed by atoms with Crippen LogP contribution in [-0.4, -0.2) is 309 Å². The first-order valence-electron chi connectivity index (χ1n) is 33.0. The normalized spacial score (nSPS) is 38.2. The Morgan fingerprint density at radius 1 is 0.283 bits per heavy atom. The zero-order chi connectivity index (χ0) is 70.1. The molecule has 0 amide bonds. The van der Waals surface area contributed by atoms with Crippen LogP contribution in [0.1, 0.15) is 50.3 Å². The van der Waals surface area contributed by atoms with Gasteiger partial charge in [-0.3, -0.25) is 0 Å². The molecule has 0 radical (unpaired) electrons. The summed E-state index contributed by atoms with van der Waals surface area (Å²) >= 11 is 0. The zero-order valence-electron chi connectivity index (χ0n) is 57.9. The van der Waals surface area contributed by atoms with Crippen molar-refractivity contribution < 1.29 is 142 Å². The van der Waals surface area contributed by atoms with E-state index in [0.29, 0.717) is 0 Å². The number of hydrogen-bond donors (Lipinski definition) is 0. The van der Waals surface area contributed by atoms with Gasteiger partial charge in [0.2, 0.25) is 0 Å². The van der Waals surface area contributed by atoms with E-state index < -0.39 is 184 Å². The summed E-state index contributed by atoms with van der Waals surface area (Å²) in [5.41, 5.74) is 0.863. The van der Waals surface area contributed by atoms with Crippen molar-refractivity contribution in [1.82, 2.24) is 0 Å². The number of hydrogen-bond acceptors (Lipinski definition) is 30. The molecule has 25 rings (SSSR count). The first kappa shape index (κ1) is 76.7. The predicted molar refractivity (Wildman–Crippen MR) is 338 cm³/mol. The molecule has 27 atom stereocenters. The first-order chi connectivity index (χ1) is 48.3. The summed E-state index contributed by atoms with van der Waals surface area (Å²) in [6.45, 7) is -1.31. The van der Waals surface area contributed by atoms with E-state index >= 15 is 0 Å². The van der Waals surface area contributed by atoms with Gasteiger partial charge >= 0.3 is 17.9 Å². The van der Waals surface area contributed by atoms with Crippen LogP contribution in [0.3, 0.4) is 0 Å². The molecule has 12 bridgehead atoms. The van der Waals surface area contributed by atoms with Crippen molar-refractivity contribution >= 4 is 17.9 Å². The lowest BCUT2D eigenvalue weighted by atomic mass is 9.95. The monoisotopic (exact) mass is 1400 g/mol. The Hall–Kier alpha value is -4.89. The lowest BCUT2D eigenvalue weighted by Crippen LogP contribution is -2.67. The van der Waals surface area contributed by atoms with Crippen LogP contribution >= 0.6 is 0 Å². The molecular weight excluding hydrogens is 1310 g/mol. The molecule has 22 saturated heterocycles. The van der Waals surface area contributed by atoms with Gasteiger partial charge in [-0.05, 0) is 36.4 Å². The van der Waals surface area contributed by atoms with E-state index in [-0.39, 0.29) is 75.6 Å². The highest BCUT2D eigenvalue weighted by atomic mass is 16.8. The summed E-state index contributed by atoms with van der Waals surface area (Å²) < 4.78 is 175. The van der Waals surface area contributed by atoms with Crippen molar-refractivity contribution in [3.05, 3.63) is 108 Å². The number of carbonyl (C=O) groups is 3. The molecule has 30 heteroatoms. The molecule has 22 fully saturated rings. The van der Waals surface area contributed by atoms with Crippen LogP contribution in [0.5, 0.6) is 0 Å². The molecule has 30 nitrogen and oxygen atoms in total. The van der Waals surface area contributed by atoms with Gasteiger partial charge in [-0.1, -0.05) is 54.6 Å². The Morgan fingerprint density at radius 3 is 0.747 bits per heavy atom. The van der Waals surface area contributed by atoms with Gasteiger partial charge in [-0.25, -0.2) is 14.4 Å². The largest absolute Gasteiger partial charge is 0.459 e. The van der Waals surface area contributed by atoms with Gasteiger partial charge in [0, 0.05) is 105 Å². The third-order valence-electron chi connectivity index (χ3n) is 18.7. The van der Waals surface area contributed by atoms with Crippen LogP contribution in [0.25, 0.3) is 0 Å². The molecule has 0 aliphatic carbocycles. The van der Waals surface area contributed by atoms with Gasteiger partial charge in [0.05, 0.1) is 54.8 Å². The number of ether oxygens (including phenoxy) is 27. The van der Waals surface area contributed by atoms with Gasteiger partial charge in [0.15, 0.2) is 37.7 Å². The Kier molecular flexibility index (Phi) is 29.1. The van der Waals surface area contributed by atoms with Crippen LogP contribution < -0.4 is 0 Å². The minimum Gasteiger partial charge on any atom is -0.459 e. The van der Waals surface area contributed by atoms with Gasteiger partial charge in [-0.2, -0.15) is 0 Å². The molecule has 22 heterocycles. The summed E-state index contributed by atoms with van der Waals surface area (Å²) in [6, 6.07) is 25.4. The van der Waals surface area contributed by atoms with Gasteiger partial charge in [0.1, 0.15) is 130 Å². The van der Waals surface area contributed by atoms with Crippen molar-refractivity contribution in [2.75, 3.05) is 125 Å². The average Bonchev–Trinajstić information content (AvgIpc) is 0.778. The van der Waals surface area contributed by atoms with Crippen LogP contribution in [0.4, 0.5) is 0 Å². The second kappa shape index (κ2) is 37.5. The van der Waals surface area contributed by atoms with Crippen LogP contribution in [0.2, 0.25) is 0 Å². The van der Waals surface area contributed by atoms with E-state index in [9.17, 15) is 14.4 Å². The van der Waals surface area contributed by atoms with Gasteiger partial charge in [0.25, 0.3) is 0 Å². The number of benzene rings is 3. The Labute approximate surface area is 576 Å². The molecule has 0 saturated carbocycles. The zero-order valence-corrected chi connectivity index (χ0v) is 57.9. The Bertz CT molecular complexity index is 2590. The average molecular weight is 1410 g/mol. The molecule has 22 aliphatic rings. The highest BCUT2D eigenvalue weighted by Crippen LogP contribution is 2.41. The molecule has 3 aromatic carbocycles. The second-order valence-corrected chi connectivity index (χ2v) is 24.5. The molecule has 99 heavy (non-hydrogen) atoms. The van der Waals surface area contributed by atoms with Crippen molar-refractivity contribution in [2.24, 2.45) is 0 Å². The van der Waals surface area contributed by atoms with Crippen LogP contribution in [0, 0.1) is 0 Å². The third-order valence-corrected chi connectivity index (χ3v) is 18.7. The van der Waals surface area contributed by atoms with E-state index in [1.807, 2.05) is 0 Å². The van der Waals surface area contributed by atoms with Gasteiger partial charge < -0.3 is 128 Å². The lowest BCUT2D eigenvalue weighted by molar-refractivity contribution is -0.392. The first-order valence-corrected chi connectivity index (χ1v) is 33.0. The number of carbonyl (C=O) groups excluding carboxylic acids is 3. The fourth-order valence-corrected chi connectivity index (χ4v) is 13.9. The van der Waals surface area contributed by atoms with Gasteiger partial charge in [-0.15, -0.1) is 0 Å². The van der Waals surface area contributed by atoms with E-state index in [1.54, 1.807) is 91.0 Å². The smallest absolute Gasteiger partial charge is 0.338 e. The van der Waals surface area contributed by atoms with E-state index in [4.69, 9.17) is 128 Å². The third kappa shape index (κ3) is 18.4. The minimum atomic E-state index is -1.30. The predicted octanol–water partition coefficient (Wildman–Crippen LogP) is 3.48. The summed E-state index contributed by atoms with van der Waals surface area (Å²) in [6.07, 6.45) is -28.4. The van der Waals surface area contributed by atoms with Crippen molar-refractivity contribution in [1.29, 1.82) is 0 Å². The molecule has 0 spiro atoms. The summed E-state index contributed by atoms with van der Waals surface area (Å²) in [4.78, 5) is 41.4. The molecule has 3 aromatic rings. The van der Waals surface area contributed by atoms with Crippen molar-refractivity contribution in [3.63, 3.8) is 0 Å². The van der Waals surface area contributed by atoms with Crippen LogP contribution in [-0.2, 0) is 128 Å². The SMILES string of the molecule is COC[C@H]1O[C@H]2C[C@@H](OC)[C@@H]1O[C@H]1O[C@H](COC(=O)c3ccccc3)[C@@H](O[C@@H]3C[C@@H](OC)[C@H](O[C@H]4O[C@H](COC(=O)c5ccccc5)[C@@H](O[C@@H]5C[C@@H](OC)[C@H](O[C@H]6O[C@H](COC(=O)c7ccccc7)[C@@H](O2)[C@H](OC)[C@H]6OC)[C@@H](COC)O5)[C@H](OC)[C@H]4OC)[C@@H](COC)O3)[C@H](OC)[C@H]1OC. The summed E-state index contributed by atoms with van der Waals surface area (Å²) in [5.74, 6) is -1.92. The van der Waals surface area contributed by atoms with Crippen LogP contribution in [0.15, 0.2) is 91.0 Å². The maximum absolute atomic E-state index is 13.8. The highest BCUT2D eigenvalue weighted by molar-refractivity contribution is 5.90. The minimum absolute atomic E-state index is 0.0266. The fourth-order valence-electron chi connectivity index (χ4n) is 13.9. The van der Waals surface area contributed by atoms with Crippen molar-refractivity contribution in [2.45, 2.75) is 185 Å². The quantitative estimate of drug-likeness (QED) is 0.0916. The number of esters is 3. The number of methoxy groups -OCH3 is 12. The van der Waals surface area contributed by atoms with E-state index in [2.05, 4.69) is 0 Å². The maximum Gasteiger partial charge on any atom is 0.338 e. The second-order valence-electron chi connectivity index (χ2n) is 24.5. The number of rotatable bonds is 24. The maximum atomic E-state index is 13.8. The Morgan fingerprint density at radius 2 is 0.525 bits per heavy atom. The molecular formula is C69H96O30. The molecule has 22 aliphatic heterocycles. The lowest BCUT2D eigenvalue weighted by Gasteiger charge is -2.51.